The Hall–Kier alpha value is -2.14. The van der Waals surface area contributed by atoms with Crippen LogP contribution >= 0.6 is 11.9 Å². The molecule has 0 bridgehead atoms. The van der Waals surface area contributed by atoms with Gasteiger partial charge in [-0.05, 0) is 97.0 Å². The van der Waals surface area contributed by atoms with Gasteiger partial charge in [-0.1, -0.05) is 6.07 Å². The van der Waals surface area contributed by atoms with Crippen molar-refractivity contribution < 1.29 is 9.53 Å². The number of carbonyl (C=O) groups is 1. The van der Waals surface area contributed by atoms with Crippen LogP contribution in [-0.4, -0.2) is 13.1 Å². The van der Waals surface area contributed by atoms with E-state index in [0.717, 1.165) is 42.0 Å². The molecule has 0 unspecified atom stereocenters. The van der Waals surface area contributed by atoms with Crippen molar-refractivity contribution in [1.82, 2.24) is 4.72 Å². The number of ether oxygens (including phenoxy) is 1. The summed E-state index contributed by atoms with van der Waals surface area (Å²) < 4.78 is 8.04. The number of aryl methyl sites for hydroxylation is 2. The predicted octanol–water partition coefficient (Wildman–Crippen LogP) is 4.50. The summed E-state index contributed by atoms with van der Waals surface area (Å²) in [6.45, 7) is 0. The molecule has 2 amide bonds. The zero-order valence-electron chi connectivity index (χ0n) is 14.4. The quantitative estimate of drug-likeness (QED) is 0.795. The summed E-state index contributed by atoms with van der Waals surface area (Å²) in [5.41, 5.74) is 6.64. The van der Waals surface area contributed by atoms with Crippen LogP contribution in [0.2, 0.25) is 0 Å². The lowest BCUT2D eigenvalue weighted by Gasteiger charge is -2.16. The number of benzene rings is 2. The summed E-state index contributed by atoms with van der Waals surface area (Å²) in [5, 5.41) is 3.14. The van der Waals surface area contributed by atoms with Crippen molar-refractivity contribution >= 4 is 23.7 Å². The molecule has 0 atom stereocenters. The molecule has 0 spiro atoms. The van der Waals surface area contributed by atoms with Crippen LogP contribution in [0, 0.1) is 0 Å². The number of anilines is 1. The van der Waals surface area contributed by atoms with Crippen LogP contribution in [-0.2, 0) is 25.7 Å². The summed E-state index contributed by atoms with van der Waals surface area (Å²) in [7, 11) is 1.64. The summed E-state index contributed by atoms with van der Waals surface area (Å²) in [5.74, 6) is 0.809. The highest BCUT2D eigenvalue weighted by Gasteiger charge is 2.24. The van der Waals surface area contributed by atoms with E-state index in [9.17, 15) is 4.79 Å². The number of urea groups is 1. The van der Waals surface area contributed by atoms with Gasteiger partial charge in [0.15, 0.2) is 0 Å². The highest BCUT2D eigenvalue weighted by Crippen LogP contribution is 2.38. The highest BCUT2D eigenvalue weighted by molar-refractivity contribution is 7.98. The van der Waals surface area contributed by atoms with E-state index in [-0.39, 0.29) is 6.03 Å². The second-order valence-electron chi connectivity index (χ2n) is 6.57. The van der Waals surface area contributed by atoms with Gasteiger partial charge in [0.2, 0.25) is 0 Å². The second-order valence-corrected chi connectivity index (χ2v) is 7.45. The topological polar surface area (TPSA) is 50.4 Å². The first kappa shape index (κ1) is 16.3. The summed E-state index contributed by atoms with van der Waals surface area (Å²) >= 11 is 1.32. The molecular formula is C20H22N2O2S. The van der Waals surface area contributed by atoms with E-state index in [4.69, 9.17) is 4.74 Å². The van der Waals surface area contributed by atoms with Crippen LogP contribution in [0.1, 0.15) is 35.1 Å². The van der Waals surface area contributed by atoms with E-state index < -0.39 is 0 Å². The molecule has 0 aromatic heterocycles. The predicted molar refractivity (Wildman–Crippen MR) is 101 cm³/mol. The van der Waals surface area contributed by atoms with E-state index in [1.165, 1.54) is 47.0 Å². The fourth-order valence-corrected chi connectivity index (χ4v) is 4.39. The Kier molecular flexibility index (Phi) is 4.57. The maximum Gasteiger partial charge on any atom is 0.329 e. The third-order valence-corrected chi connectivity index (χ3v) is 5.83. The first-order valence-electron chi connectivity index (χ1n) is 8.79. The van der Waals surface area contributed by atoms with Gasteiger partial charge >= 0.3 is 6.03 Å². The van der Waals surface area contributed by atoms with E-state index >= 15 is 0 Å². The van der Waals surface area contributed by atoms with Crippen LogP contribution in [0.25, 0.3) is 0 Å². The maximum absolute atomic E-state index is 12.4. The van der Waals surface area contributed by atoms with Crippen LogP contribution in [0.15, 0.2) is 35.2 Å². The van der Waals surface area contributed by atoms with E-state index in [2.05, 4.69) is 16.1 Å². The highest BCUT2D eigenvalue weighted by atomic mass is 32.2. The molecule has 4 rings (SSSR count). The van der Waals surface area contributed by atoms with Gasteiger partial charge in [0.1, 0.15) is 5.75 Å². The van der Waals surface area contributed by atoms with Gasteiger partial charge in [-0.2, -0.15) is 0 Å². The lowest BCUT2D eigenvalue weighted by molar-refractivity contribution is 0.257. The molecule has 5 heteroatoms. The van der Waals surface area contributed by atoms with Crippen molar-refractivity contribution in [3.05, 3.63) is 52.6 Å². The Morgan fingerprint density at radius 1 is 1.00 bits per heavy atom. The number of amides is 2. The number of carbonyl (C=O) groups excluding carboxylic acids is 1. The molecule has 2 aromatic rings. The average Bonchev–Trinajstić information content (AvgIpc) is 3.29. The summed E-state index contributed by atoms with van der Waals surface area (Å²) in [4.78, 5) is 13.4. The van der Waals surface area contributed by atoms with Crippen molar-refractivity contribution in [2.45, 2.75) is 43.4 Å². The Morgan fingerprint density at radius 3 is 2.24 bits per heavy atom. The van der Waals surface area contributed by atoms with Gasteiger partial charge < -0.3 is 10.1 Å². The van der Waals surface area contributed by atoms with Gasteiger partial charge in [-0.3, -0.25) is 4.72 Å². The van der Waals surface area contributed by atoms with Crippen LogP contribution in [0.5, 0.6) is 5.75 Å². The Bertz CT molecular complexity index is 770. The van der Waals surface area contributed by atoms with E-state index in [0.29, 0.717) is 0 Å². The van der Waals surface area contributed by atoms with Crippen molar-refractivity contribution in [3.8, 4) is 5.75 Å². The number of hydrogen-bond donors (Lipinski definition) is 2. The van der Waals surface area contributed by atoms with Gasteiger partial charge in [0.25, 0.3) is 0 Å². The molecule has 0 fully saturated rings. The molecule has 130 valence electrons. The zero-order valence-corrected chi connectivity index (χ0v) is 15.2. The zero-order chi connectivity index (χ0) is 17.2. The lowest BCUT2D eigenvalue weighted by Crippen LogP contribution is -2.24. The molecule has 2 aromatic carbocycles. The van der Waals surface area contributed by atoms with Crippen LogP contribution < -0.4 is 14.8 Å². The first-order chi connectivity index (χ1) is 12.2. The van der Waals surface area contributed by atoms with Gasteiger partial charge in [-0.15, -0.1) is 0 Å². The standard InChI is InChI=1S/C20H22N2O2S/c1-24-15-8-10-16(11-9-15)25-22-20(23)21-19-17-6-2-4-13(17)12-14-5-3-7-18(14)19/h8-12H,2-7H2,1H3,(H2,21,22,23). The van der Waals surface area contributed by atoms with Crippen molar-refractivity contribution in [2.75, 3.05) is 12.4 Å². The van der Waals surface area contributed by atoms with Crippen molar-refractivity contribution in [1.29, 1.82) is 0 Å². The largest absolute Gasteiger partial charge is 0.497 e. The summed E-state index contributed by atoms with van der Waals surface area (Å²) in [6.07, 6.45) is 6.80. The Labute approximate surface area is 152 Å². The van der Waals surface area contributed by atoms with Gasteiger partial charge in [0.05, 0.1) is 7.11 Å². The monoisotopic (exact) mass is 354 g/mol. The van der Waals surface area contributed by atoms with Gasteiger partial charge in [-0.25, -0.2) is 4.79 Å². The molecule has 2 N–H and O–H groups in total. The van der Waals surface area contributed by atoms with E-state index in [1.807, 2.05) is 24.3 Å². The molecule has 2 aliphatic carbocycles. The van der Waals surface area contributed by atoms with Crippen LogP contribution in [0.4, 0.5) is 10.5 Å². The molecule has 4 nitrogen and oxygen atoms in total. The molecule has 0 saturated heterocycles. The third kappa shape index (κ3) is 3.33. The molecule has 0 saturated carbocycles. The molecule has 25 heavy (non-hydrogen) atoms. The Balaban J connectivity index is 1.46. The number of rotatable bonds is 4. The minimum Gasteiger partial charge on any atom is -0.497 e. The molecule has 0 aliphatic heterocycles. The molecule has 0 radical (unpaired) electrons. The number of hydrogen-bond acceptors (Lipinski definition) is 3. The summed E-state index contributed by atoms with van der Waals surface area (Å²) in [6, 6.07) is 9.86. The first-order valence-corrected chi connectivity index (χ1v) is 9.60. The minimum absolute atomic E-state index is 0.157. The average molecular weight is 354 g/mol. The SMILES string of the molecule is COc1ccc(SNC(=O)Nc2c3c(cc4c2CCC4)CCC3)cc1. The fourth-order valence-electron chi connectivity index (χ4n) is 3.86. The third-order valence-electron chi connectivity index (χ3n) is 5.03. The number of nitrogens with one attached hydrogen (secondary N) is 2. The number of fused-ring (bicyclic) bond motifs is 2. The van der Waals surface area contributed by atoms with Crippen molar-refractivity contribution in [2.24, 2.45) is 0 Å². The Morgan fingerprint density at radius 2 is 1.64 bits per heavy atom. The smallest absolute Gasteiger partial charge is 0.329 e. The number of methoxy groups -OCH3 is 1. The fraction of sp³-hybridized carbons (Fsp3) is 0.350. The van der Waals surface area contributed by atoms with E-state index in [1.54, 1.807) is 7.11 Å². The molecule has 0 heterocycles. The minimum atomic E-state index is -0.157. The van der Waals surface area contributed by atoms with Crippen LogP contribution in [0.3, 0.4) is 0 Å². The maximum atomic E-state index is 12.4. The van der Waals surface area contributed by atoms with Gasteiger partial charge in [0, 0.05) is 10.6 Å². The lowest BCUT2D eigenvalue weighted by atomic mass is 9.99. The second kappa shape index (κ2) is 7.00. The molecule has 2 aliphatic rings. The normalized spacial score (nSPS) is 14.8. The molecular weight excluding hydrogens is 332 g/mol. The van der Waals surface area contributed by atoms with Crippen molar-refractivity contribution in [3.63, 3.8) is 0 Å².